The van der Waals surface area contributed by atoms with Crippen LogP contribution in [0.2, 0.25) is 0 Å². The van der Waals surface area contributed by atoms with Crippen LogP contribution in [0.4, 0.5) is 0 Å². The maximum Gasteiger partial charge on any atom is 0.336 e. The van der Waals surface area contributed by atoms with Gasteiger partial charge in [0.2, 0.25) is 0 Å². The Bertz CT molecular complexity index is 744. The first-order valence-corrected chi connectivity index (χ1v) is 8.98. The Morgan fingerprint density at radius 2 is 1.71 bits per heavy atom. The van der Waals surface area contributed by atoms with Crippen molar-refractivity contribution in [2.24, 2.45) is 10.9 Å². The Morgan fingerprint density at radius 3 is 2.32 bits per heavy atom. The highest BCUT2D eigenvalue weighted by Gasteiger charge is 2.42. The lowest BCUT2D eigenvalue weighted by Crippen LogP contribution is -2.37. The third-order valence-corrected chi connectivity index (χ3v) is 4.40. The van der Waals surface area contributed by atoms with E-state index in [4.69, 9.17) is 18.9 Å². The van der Waals surface area contributed by atoms with E-state index >= 15 is 0 Å². The molecule has 1 aliphatic heterocycles. The van der Waals surface area contributed by atoms with Crippen molar-refractivity contribution in [2.75, 3.05) is 40.6 Å². The fourth-order valence-corrected chi connectivity index (χ4v) is 3.14. The van der Waals surface area contributed by atoms with Gasteiger partial charge < -0.3 is 18.9 Å². The van der Waals surface area contributed by atoms with E-state index in [0.29, 0.717) is 22.5 Å². The number of allylic oxidation sites excluding steroid dienone is 1. The van der Waals surface area contributed by atoms with Crippen LogP contribution in [0, 0.1) is 5.92 Å². The third kappa shape index (κ3) is 5.24. The number of ether oxygens (including phenoxy) is 4. The molecule has 28 heavy (non-hydrogen) atoms. The molecule has 0 N–H and O–H groups in total. The highest BCUT2D eigenvalue weighted by Crippen LogP contribution is 2.39. The molecule has 0 aromatic carbocycles. The van der Waals surface area contributed by atoms with Gasteiger partial charge in [-0.1, -0.05) is 6.07 Å². The van der Waals surface area contributed by atoms with Gasteiger partial charge in [-0.2, -0.15) is 0 Å². The molecule has 0 fully saturated rings. The minimum Gasteiger partial charge on any atom is -0.463 e. The van der Waals surface area contributed by atoms with Crippen LogP contribution in [0.15, 0.2) is 40.8 Å². The zero-order valence-corrected chi connectivity index (χ0v) is 16.6. The molecule has 2 rings (SSSR count). The van der Waals surface area contributed by atoms with Gasteiger partial charge in [-0.25, -0.2) is 4.79 Å². The minimum atomic E-state index is -0.755. The van der Waals surface area contributed by atoms with E-state index in [2.05, 4.69) is 9.98 Å². The van der Waals surface area contributed by atoms with Gasteiger partial charge in [0.1, 0.15) is 19.1 Å². The number of esters is 2. The fourth-order valence-electron chi connectivity index (χ4n) is 3.14. The lowest BCUT2D eigenvalue weighted by Gasteiger charge is -2.31. The standard InChI is InChI=1S/C20H26N2O6/c1-13-16(19(23)27-10-8-25-3)18(15-6-5-7-21-12-15)17(14(2)22-13)20(24)28-11-9-26-4/h5-7,12,16,18H,8-11H2,1-4H3. The van der Waals surface area contributed by atoms with Crippen LogP contribution < -0.4 is 0 Å². The molecule has 0 saturated heterocycles. The van der Waals surface area contributed by atoms with Crippen LogP contribution in [0.5, 0.6) is 0 Å². The van der Waals surface area contributed by atoms with Crippen molar-refractivity contribution >= 4 is 17.7 Å². The van der Waals surface area contributed by atoms with Crippen LogP contribution in [-0.4, -0.2) is 63.3 Å². The van der Waals surface area contributed by atoms with Crippen molar-refractivity contribution in [1.29, 1.82) is 0 Å². The largest absolute Gasteiger partial charge is 0.463 e. The molecule has 0 saturated carbocycles. The summed E-state index contributed by atoms with van der Waals surface area (Å²) in [5.74, 6) is -2.36. The topological polar surface area (TPSA) is 96.3 Å². The molecule has 1 aliphatic rings. The quantitative estimate of drug-likeness (QED) is 0.469. The molecule has 2 unspecified atom stereocenters. The Kier molecular flexibility index (Phi) is 8.28. The van der Waals surface area contributed by atoms with Gasteiger partial charge in [0, 0.05) is 43.9 Å². The average molecular weight is 390 g/mol. The van der Waals surface area contributed by atoms with E-state index in [1.165, 1.54) is 14.2 Å². The molecule has 1 aromatic rings. The summed E-state index contributed by atoms with van der Waals surface area (Å²) in [7, 11) is 3.05. The molecule has 152 valence electrons. The van der Waals surface area contributed by atoms with Gasteiger partial charge in [0.05, 0.1) is 18.8 Å². The van der Waals surface area contributed by atoms with E-state index in [-0.39, 0.29) is 26.4 Å². The van der Waals surface area contributed by atoms with Crippen molar-refractivity contribution < 1.29 is 28.5 Å². The van der Waals surface area contributed by atoms with Gasteiger partial charge in [-0.3, -0.25) is 14.8 Å². The number of carbonyl (C=O) groups excluding carboxylic acids is 2. The second-order valence-corrected chi connectivity index (χ2v) is 6.28. The van der Waals surface area contributed by atoms with Gasteiger partial charge in [0.15, 0.2) is 0 Å². The molecule has 0 aliphatic carbocycles. The zero-order chi connectivity index (χ0) is 20.5. The van der Waals surface area contributed by atoms with Crippen molar-refractivity contribution in [3.05, 3.63) is 41.4 Å². The van der Waals surface area contributed by atoms with Gasteiger partial charge in [-0.15, -0.1) is 0 Å². The average Bonchev–Trinajstić information content (AvgIpc) is 2.68. The first kappa shape index (κ1) is 21.7. The second-order valence-electron chi connectivity index (χ2n) is 6.28. The number of rotatable bonds is 9. The van der Waals surface area contributed by atoms with Crippen LogP contribution in [-0.2, 0) is 28.5 Å². The lowest BCUT2D eigenvalue weighted by molar-refractivity contribution is -0.148. The Balaban J connectivity index is 2.41. The molecule has 2 atom stereocenters. The highest BCUT2D eigenvalue weighted by molar-refractivity contribution is 6.06. The molecule has 8 nitrogen and oxygen atoms in total. The Hall–Kier alpha value is -2.58. The Morgan fingerprint density at radius 1 is 1.04 bits per heavy atom. The van der Waals surface area contributed by atoms with E-state index < -0.39 is 23.8 Å². The molecule has 2 heterocycles. The first-order valence-electron chi connectivity index (χ1n) is 8.98. The van der Waals surface area contributed by atoms with Crippen LogP contribution in [0.3, 0.4) is 0 Å². The van der Waals surface area contributed by atoms with Gasteiger partial charge in [0.25, 0.3) is 0 Å². The number of hydrogen-bond donors (Lipinski definition) is 0. The number of carbonyl (C=O) groups is 2. The lowest BCUT2D eigenvalue weighted by atomic mass is 9.76. The third-order valence-electron chi connectivity index (χ3n) is 4.40. The molecule has 0 spiro atoms. The number of pyridine rings is 1. The summed E-state index contributed by atoms with van der Waals surface area (Å²) in [6.45, 7) is 4.27. The van der Waals surface area contributed by atoms with E-state index in [9.17, 15) is 9.59 Å². The predicted molar refractivity (Wildman–Crippen MR) is 102 cm³/mol. The summed E-state index contributed by atoms with van der Waals surface area (Å²) in [6.07, 6.45) is 3.26. The minimum absolute atomic E-state index is 0.109. The molecule has 0 amide bonds. The summed E-state index contributed by atoms with van der Waals surface area (Å²) in [5.41, 5.74) is 2.11. The zero-order valence-electron chi connectivity index (χ0n) is 16.6. The van der Waals surface area contributed by atoms with E-state index in [0.717, 1.165) is 0 Å². The molecule has 8 heteroatoms. The van der Waals surface area contributed by atoms with Gasteiger partial charge in [-0.05, 0) is 25.5 Å². The number of hydrogen-bond acceptors (Lipinski definition) is 8. The molecular formula is C20H26N2O6. The maximum atomic E-state index is 12.8. The molecule has 0 bridgehead atoms. The second kappa shape index (κ2) is 10.7. The predicted octanol–water partition coefficient (Wildman–Crippen LogP) is 1.91. The SMILES string of the molecule is COCCOC(=O)C1=C(C)N=C(C)C(C(=O)OCCOC)C1c1cccnc1. The van der Waals surface area contributed by atoms with E-state index in [1.54, 1.807) is 32.3 Å². The van der Waals surface area contributed by atoms with Crippen LogP contribution in [0.1, 0.15) is 25.3 Å². The van der Waals surface area contributed by atoms with E-state index in [1.807, 2.05) is 6.07 Å². The molecular weight excluding hydrogens is 364 g/mol. The summed E-state index contributed by atoms with van der Waals surface area (Å²) in [5, 5.41) is 0. The van der Waals surface area contributed by atoms with Crippen LogP contribution >= 0.6 is 0 Å². The fraction of sp³-hybridized carbons (Fsp3) is 0.500. The normalized spacial score (nSPS) is 19.2. The van der Waals surface area contributed by atoms with Crippen LogP contribution in [0.25, 0.3) is 0 Å². The number of aliphatic imine (C=N–C) groups is 1. The van der Waals surface area contributed by atoms with Crippen molar-refractivity contribution in [1.82, 2.24) is 4.98 Å². The summed E-state index contributed by atoms with van der Waals surface area (Å²) >= 11 is 0. The summed E-state index contributed by atoms with van der Waals surface area (Å²) in [4.78, 5) is 34.2. The number of methoxy groups -OCH3 is 2. The maximum absolute atomic E-state index is 12.8. The Labute approximate surface area is 164 Å². The molecule has 0 radical (unpaired) electrons. The molecule has 1 aromatic heterocycles. The monoisotopic (exact) mass is 390 g/mol. The van der Waals surface area contributed by atoms with Crippen molar-refractivity contribution in [3.8, 4) is 0 Å². The summed E-state index contributed by atoms with van der Waals surface area (Å²) in [6, 6.07) is 3.58. The van der Waals surface area contributed by atoms with Crippen molar-refractivity contribution in [2.45, 2.75) is 19.8 Å². The number of aromatic nitrogens is 1. The van der Waals surface area contributed by atoms with Gasteiger partial charge >= 0.3 is 11.9 Å². The highest BCUT2D eigenvalue weighted by atomic mass is 16.6. The summed E-state index contributed by atoms with van der Waals surface area (Å²) < 4.78 is 20.5. The smallest absolute Gasteiger partial charge is 0.336 e. The number of nitrogens with zero attached hydrogens (tertiary/aromatic N) is 2. The van der Waals surface area contributed by atoms with Crippen molar-refractivity contribution in [3.63, 3.8) is 0 Å². The first-order chi connectivity index (χ1) is 13.5.